The number of benzene rings is 3. The molecule has 5 aromatic rings. The molecule has 204 valence electrons. The average Bonchev–Trinajstić information content (AvgIpc) is 3.56. The van der Waals surface area contributed by atoms with Gasteiger partial charge in [0.25, 0.3) is 0 Å². The Labute approximate surface area is 237 Å². The third-order valence-corrected chi connectivity index (χ3v) is 6.61. The lowest BCUT2D eigenvalue weighted by Gasteiger charge is -2.19. The van der Waals surface area contributed by atoms with E-state index < -0.39 is 5.97 Å². The second-order valence-corrected chi connectivity index (χ2v) is 9.88. The van der Waals surface area contributed by atoms with E-state index >= 15 is 0 Å². The highest BCUT2D eigenvalue weighted by molar-refractivity contribution is 6.30. The van der Waals surface area contributed by atoms with Crippen LogP contribution >= 0.6 is 11.6 Å². The predicted octanol–water partition coefficient (Wildman–Crippen LogP) is 7.27. The first-order valence-corrected chi connectivity index (χ1v) is 13.3. The van der Waals surface area contributed by atoms with Crippen molar-refractivity contribution in [3.05, 3.63) is 119 Å². The molecular formula is C32H29ClN2O5. The van der Waals surface area contributed by atoms with Crippen molar-refractivity contribution in [3.8, 4) is 28.5 Å². The van der Waals surface area contributed by atoms with Crippen LogP contribution in [0.1, 0.15) is 22.8 Å². The summed E-state index contributed by atoms with van der Waals surface area (Å²) in [6.07, 6.45) is 0.603. The Morgan fingerprint density at radius 1 is 0.925 bits per heavy atom. The van der Waals surface area contributed by atoms with Crippen LogP contribution in [0, 0.1) is 6.92 Å². The third kappa shape index (κ3) is 7.20. The molecule has 0 aliphatic rings. The van der Waals surface area contributed by atoms with E-state index in [1.54, 1.807) is 12.1 Å². The highest BCUT2D eigenvalue weighted by atomic mass is 35.5. The number of ether oxygens (including phenoxy) is 1. The third-order valence-electron chi connectivity index (χ3n) is 6.35. The summed E-state index contributed by atoms with van der Waals surface area (Å²) in [7, 11) is 0. The molecule has 0 spiro atoms. The molecule has 0 bridgehead atoms. The van der Waals surface area contributed by atoms with Crippen LogP contribution in [0.15, 0.2) is 99.8 Å². The Morgan fingerprint density at radius 2 is 1.73 bits per heavy atom. The van der Waals surface area contributed by atoms with E-state index in [4.69, 9.17) is 25.2 Å². The molecule has 8 heteroatoms. The quantitative estimate of drug-likeness (QED) is 0.173. The maximum Gasteiger partial charge on any atom is 0.317 e. The Morgan fingerprint density at radius 3 is 2.50 bits per heavy atom. The Bertz CT molecular complexity index is 1560. The largest absolute Gasteiger partial charge is 0.493 e. The zero-order valence-corrected chi connectivity index (χ0v) is 22.8. The van der Waals surface area contributed by atoms with E-state index in [0.717, 1.165) is 28.1 Å². The van der Waals surface area contributed by atoms with Crippen LogP contribution in [0.25, 0.3) is 22.8 Å². The molecule has 0 unspecified atom stereocenters. The summed E-state index contributed by atoms with van der Waals surface area (Å²) in [4.78, 5) is 18.0. The predicted molar refractivity (Wildman–Crippen MR) is 153 cm³/mol. The first kappa shape index (κ1) is 27.2. The molecule has 1 N–H and O–H groups in total. The lowest BCUT2D eigenvalue weighted by molar-refractivity contribution is -0.138. The summed E-state index contributed by atoms with van der Waals surface area (Å²) in [5.74, 6) is 2.56. The monoisotopic (exact) mass is 556 g/mol. The van der Waals surface area contributed by atoms with E-state index in [-0.39, 0.29) is 6.54 Å². The summed E-state index contributed by atoms with van der Waals surface area (Å²) in [5, 5.41) is 10.2. The van der Waals surface area contributed by atoms with Gasteiger partial charge >= 0.3 is 5.97 Å². The van der Waals surface area contributed by atoms with Gasteiger partial charge in [-0.15, -0.1) is 0 Å². The second kappa shape index (κ2) is 12.7. The molecule has 5 rings (SSSR count). The van der Waals surface area contributed by atoms with Gasteiger partial charge in [0.2, 0.25) is 5.89 Å². The lowest BCUT2D eigenvalue weighted by atomic mass is 10.2. The Balaban J connectivity index is 1.20. The number of aliphatic carboxylic acids is 1. The number of rotatable bonds is 12. The van der Waals surface area contributed by atoms with Crippen molar-refractivity contribution in [3.63, 3.8) is 0 Å². The molecule has 0 fully saturated rings. The molecule has 2 heterocycles. The minimum Gasteiger partial charge on any atom is -0.493 e. The van der Waals surface area contributed by atoms with E-state index in [9.17, 15) is 9.90 Å². The van der Waals surface area contributed by atoms with Gasteiger partial charge in [-0.2, -0.15) is 0 Å². The van der Waals surface area contributed by atoms with Crippen LogP contribution in [-0.2, 0) is 24.3 Å². The highest BCUT2D eigenvalue weighted by Gasteiger charge is 2.15. The second-order valence-electron chi connectivity index (χ2n) is 9.45. The molecule has 0 amide bonds. The zero-order valence-electron chi connectivity index (χ0n) is 22.0. The maximum absolute atomic E-state index is 11.6. The normalized spacial score (nSPS) is 11.2. The molecule has 0 aliphatic heterocycles. The van der Waals surface area contributed by atoms with Gasteiger partial charge in [0.1, 0.15) is 23.0 Å². The van der Waals surface area contributed by atoms with Crippen LogP contribution in [0.5, 0.6) is 5.75 Å². The molecule has 3 aromatic carbocycles. The number of carbonyl (C=O) groups is 1. The van der Waals surface area contributed by atoms with Crippen LogP contribution in [-0.4, -0.2) is 34.1 Å². The number of nitrogens with zero attached hydrogens (tertiary/aromatic N) is 2. The average molecular weight is 557 g/mol. The number of oxazole rings is 1. The first-order valence-electron chi connectivity index (χ1n) is 13.0. The van der Waals surface area contributed by atoms with Crippen molar-refractivity contribution in [1.29, 1.82) is 0 Å². The van der Waals surface area contributed by atoms with E-state index in [2.05, 4.69) is 4.98 Å². The van der Waals surface area contributed by atoms with E-state index in [0.29, 0.717) is 54.3 Å². The number of aromatic nitrogens is 1. The van der Waals surface area contributed by atoms with Crippen molar-refractivity contribution in [2.45, 2.75) is 26.4 Å². The van der Waals surface area contributed by atoms with Crippen LogP contribution < -0.4 is 4.74 Å². The van der Waals surface area contributed by atoms with Gasteiger partial charge in [-0.3, -0.25) is 9.69 Å². The van der Waals surface area contributed by atoms with Crippen LogP contribution in [0.2, 0.25) is 5.02 Å². The number of hydrogen-bond donors (Lipinski definition) is 1. The molecule has 0 saturated heterocycles. The topological polar surface area (TPSA) is 88.9 Å². The minimum absolute atomic E-state index is 0.128. The standard InChI is InChI=1S/C32H29ClN2O5/c1-22-29(34-32(39-22)25-7-3-2-4-8-25)16-17-38-27-9-5-6-23(18-27)19-35(21-31(36)37)20-28-14-15-30(40-28)24-10-12-26(33)13-11-24/h2-15,18H,16-17,19-21H2,1H3,(H,36,37). The number of aryl methyl sites for hydroxylation is 1. The molecule has 0 saturated carbocycles. The van der Waals surface area contributed by atoms with Crippen molar-refractivity contribution in [1.82, 2.24) is 9.88 Å². The van der Waals surface area contributed by atoms with E-state index in [1.807, 2.05) is 90.7 Å². The van der Waals surface area contributed by atoms with Crippen molar-refractivity contribution in [2.75, 3.05) is 13.2 Å². The lowest BCUT2D eigenvalue weighted by Crippen LogP contribution is -2.28. The van der Waals surface area contributed by atoms with Gasteiger partial charge in [-0.05, 0) is 73.2 Å². The number of carboxylic acid groups (broad SMARTS) is 1. The summed E-state index contributed by atoms with van der Waals surface area (Å²) < 4.78 is 17.9. The number of furan rings is 1. The fourth-order valence-electron chi connectivity index (χ4n) is 4.43. The molecular weight excluding hydrogens is 528 g/mol. The highest BCUT2D eigenvalue weighted by Crippen LogP contribution is 2.26. The van der Waals surface area contributed by atoms with Gasteiger partial charge in [-0.1, -0.05) is 41.9 Å². The van der Waals surface area contributed by atoms with E-state index in [1.165, 1.54) is 0 Å². The van der Waals surface area contributed by atoms with Gasteiger partial charge in [0.05, 0.1) is 25.4 Å². The van der Waals surface area contributed by atoms with Gasteiger partial charge in [0, 0.05) is 29.1 Å². The number of halogens is 1. The van der Waals surface area contributed by atoms with Crippen LogP contribution in [0.4, 0.5) is 0 Å². The van der Waals surface area contributed by atoms with Crippen molar-refractivity contribution in [2.24, 2.45) is 0 Å². The number of carboxylic acids is 1. The SMILES string of the molecule is Cc1oc(-c2ccccc2)nc1CCOc1cccc(CN(CC(=O)O)Cc2ccc(-c3ccc(Cl)cc3)o2)c1. The number of hydrogen-bond acceptors (Lipinski definition) is 6. The Kier molecular flexibility index (Phi) is 8.64. The fourth-order valence-corrected chi connectivity index (χ4v) is 4.56. The summed E-state index contributed by atoms with van der Waals surface area (Å²) in [6, 6.07) is 28.6. The minimum atomic E-state index is -0.908. The maximum atomic E-state index is 11.6. The van der Waals surface area contributed by atoms with Gasteiger partial charge in [0.15, 0.2) is 0 Å². The molecule has 0 radical (unpaired) electrons. The summed E-state index contributed by atoms with van der Waals surface area (Å²) in [5.41, 5.74) is 3.64. The smallest absolute Gasteiger partial charge is 0.317 e. The molecule has 2 aromatic heterocycles. The van der Waals surface area contributed by atoms with Crippen LogP contribution in [0.3, 0.4) is 0 Å². The summed E-state index contributed by atoms with van der Waals surface area (Å²) >= 11 is 5.99. The molecule has 7 nitrogen and oxygen atoms in total. The van der Waals surface area contributed by atoms with Gasteiger partial charge < -0.3 is 18.7 Å². The van der Waals surface area contributed by atoms with Gasteiger partial charge in [-0.25, -0.2) is 4.98 Å². The first-order chi connectivity index (χ1) is 19.4. The molecule has 0 atom stereocenters. The Hall–Kier alpha value is -4.33. The van der Waals surface area contributed by atoms with Crippen molar-refractivity contribution < 1.29 is 23.5 Å². The van der Waals surface area contributed by atoms with Crippen molar-refractivity contribution >= 4 is 17.6 Å². The zero-order chi connectivity index (χ0) is 27.9. The summed E-state index contributed by atoms with van der Waals surface area (Å²) in [6.45, 7) is 2.98. The molecule has 40 heavy (non-hydrogen) atoms. The molecule has 0 aliphatic carbocycles. The fraction of sp³-hybridized carbons (Fsp3) is 0.188.